The molecule has 0 fully saturated rings. The zero-order chi connectivity index (χ0) is 13.0. The summed E-state index contributed by atoms with van der Waals surface area (Å²) in [7, 11) is 0. The Labute approximate surface area is 111 Å². The number of nitrogens with one attached hydrogen (secondary N) is 1. The minimum Gasteiger partial charge on any atom is -0.311 e. The molecule has 2 nitrogen and oxygen atoms in total. The highest BCUT2D eigenvalue weighted by molar-refractivity contribution is 7.13. The third-order valence-corrected chi connectivity index (χ3v) is 3.56. The molecule has 0 bridgehead atoms. The van der Waals surface area contributed by atoms with Crippen molar-refractivity contribution in [1.82, 2.24) is 10.3 Å². The zero-order valence-corrected chi connectivity index (χ0v) is 11.5. The molecule has 1 N–H and O–H groups in total. The standard InChI is InChI=1S/C14H17FN2S/c1-3-6-16-8-11-9-18-14(17-11)12-5-4-10(2)7-13(12)15/h4-5,7,9,16H,3,6,8H2,1-2H3. The van der Waals surface area contributed by atoms with Crippen molar-refractivity contribution >= 4 is 11.3 Å². The molecule has 0 radical (unpaired) electrons. The van der Waals surface area contributed by atoms with E-state index in [0.717, 1.165) is 35.8 Å². The topological polar surface area (TPSA) is 24.9 Å². The van der Waals surface area contributed by atoms with Crippen LogP contribution in [-0.2, 0) is 6.54 Å². The van der Waals surface area contributed by atoms with Gasteiger partial charge in [-0.15, -0.1) is 11.3 Å². The average Bonchev–Trinajstić information content (AvgIpc) is 2.78. The van der Waals surface area contributed by atoms with Crippen LogP contribution in [0, 0.1) is 12.7 Å². The van der Waals surface area contributed by atoms with Gasteiger partial charge in [-0.25, -0.2) is 9.37 Å². The maximum Gasteiger partial charge on any atom is 0.133 e. The molecular formula is C14H17FN2S. The highest BCUT2D eigenvalue weighted by Crippen LogP contribution is 2.26. The van der Waals surface area contributed by atoms with Gasteiger partial charge in [-0.1, -0.05) is 13.0 Å². The molecule has 0 saturated heterocycles. The summed E-state index contributed by atoms with van der Waals surface area (Å²) in [5.41, 5.74) is 2.49. The van der Waals surface area contributed by atoms with Crippen LogP contribution in [0.4, 0.5) is 4.39 Å². The third kappa shape index (κ3) is 3.15. The van der Waals surface area contributed by atoms with E-state index in [1.165, 1.54) is 11.3 Å². The van der Waals surface area contributed by atoms with Crippen molar-refractivity contribution in [2.45, 2.75) is 26.8 Å². The molecule has 0 saturated carbocycles. The van der Waals surface area contributed by atoms with E-state index >= 15 is 0 Å². The summed E-state index contributed by atoms with van der Waals surface area (Å²) in [5.74, 6) is -0.197. The smallest absolute Gasteiger partial charge is 0.133 e. The number of halogens is 1. The maximum absolute atomic E-state index is 13.8. The summed E-state index contributed by atoms with van der Waals surface area (Å²) in [4.78, 5) is 4.46. The Bertz CT molecular complexity index is 522. The van der Waals surface area contributed by atoms with Crippen LogP contribution < -0.4 is 5.32 Å². The summed E-state index contributed by atoms with van der Waals surface area (Å²) in [6.07, 6.45) is 1.10. The highest BCUT2D eigenvalue weighted by Gasteiger charge is 2.09. The van der Waals surface area contributed by atoms with Crippen molar-refractivity contribution in [2.75, 3.05) is 6.54 Å². The van der Waals surface area contributed by atoms with Crippen LogP contribution in [0.5, 0.6) is 0 Å². The quantitative estimate of drug-likeness (QED) is 0.832. The Morgan fingerprint density at radius 2 is 2.22 bits per heavy atom. The molecule has 2 aromatic rings. The first-order valence-corrected chi connectivity index (χ1v) is 7.00. The van der Waals surface area contributed by atoms with Crippen LogP contribution in [-0.4, -0.2) is 11.5 Å². The SMILES string of the molecule is CCCNCc1csc(-c2ccc(C)cc2F)n1. The van der Waals surface area contributed by atoms with Crippen molar-refractivity contribution < 1.29 is 4.39 Å². The minimum absolute atomic E-state index is 0.197. The molecule has 0 aliphatic carbocycles. The average molecular weight is 264 g/mol. The second-order valence-electron chi connectivity index (χ2n) is 4.30. The Hall–Kier alpha value is -1.26. The lowest BCUT2D eigenvalue weighted by molar-refractivity contribution is 0.629. The van der Waals surface area contributed by atoms with Gasteiger partial charge in [-0.2, -0.15) is 0 Å². The van der Waals surface area contributed by atoms with Crippen LogP contribution in [0.3, 0.4) is 0 Å². The molecule has 18 heavy (non-hydrogen) atoms. The van der Waals surface area contributed by atoms with Crippen molar-refractivity contribution in [2.24, 2.45) is 0 Å². The van der Waals surface area contributed by atoms with E-state index in [0.29, 0.717) is 5.56 Å². The third-order valence-electron chi connectivity index (χ3n) is 2.64. The van der Waals surface area contributed by atoms with Gasteiger partial charge in [0.1, 0.15) is 10.8 Å². The predicted octanol–water partition coefficient (Wildman–Crippen LogP) is 3.76. The normalized spacial score (nSPS) is 10.8. The van der Waals surface area contributed by atoms with Gasteiger partial charge >= 0.3 is 0 Å². The highest BCUT2D eigenvalue weighted by atomic mass is 32.1. The van der Waals surface area contributed by atoms with Crippen LogP contribution >= 0.6 is 11.3 Å². The molecule has 1 heterocycles. The van der Waals surface area contributed by atoms with Crippen molar-refractivity contribution in [3.05, 3.63) is 40.7 Å². The van der Waals surface area contributed by atoms with Crippen LogP contribution in [0.1, 0.15) is 24.6 Å². The van der Waals surface area contributed by atoms with Gasteiger partial charge in [-0.3, -0.25) is 0 Å². The lowest BCUT2D eigenvalue weighted by atomic mass is 10.1. The van der Waals surface area contributed by atoms with E-state index < -0.39 is 0 Å². The first kappa shape index (κ1) is 13.2. The number of rotatable bonds is 5. The fraction of sp³-hybridized carbons (Fsp3) is 0.357. The van der Waals surface area contributed by atoms with Crippen molar-refractivity contribution in [3.8, 4) is 10.6 Å². The van der Waals surface area contributed by atoms with Gasteiger partial charge in [0.2, 0.25) is 0 Å². The van der Waals surface area contributed by atoms with E-state index in [4.69, 9.17) is 0 Å². The van der Waals surface area contributed by atoms with E-state index in [1.807, 2.05) is 18.4 Å². The van der Waals surface area contributed by atoms with Gasteiger partial charge < -0.3 is 5.32 Å². The maximum atomic E-state index is 13.8. The molecule has 0 aliphatic rings. The fourth-order valence-electron chi connectivity index (χ4n) is 1.70. The molecule has 96 valence electrons. The lowest BCUT2D eigenvalue weighted by Crippen LogP contribution is -2.13. The van der Waals surface area contributed by atoms with Crippen LogP contribution in [0.25, 0.3) is 10.6 Å². The first-order valence-electron chi connectivity index (χ1n) is 6.12. The number of thiazole rings is 1. The number of hydrogen-bond donors (Lipinski definition) is 1. The predicted molar refractivity (Wildman–Crippen MR) is 74.2 cm³/mol. The second-order valence-corrected chi connectivity index (χ2v) is 5.16. The van der Waals surface area contributed by atoms with E-state index in [9.17, 15) is 4.39 Å². The molecule has 1 aromatic carbocycles. The Balaban J connectivity index is 2.13. The summed E-state index contributed by atoms with van der Waals surface area (Å²) in [6, 6.07) is 5.26. The van der Waals surface area contributed by atoms with E-state index in [1.54, 1.807) is 12.1 Å². The fourth-order valence-corrected chi connectivity index (χ4v) is 2.54. The molecular weight excluding hydrogens is 247 g/mol. The molecule has 2 rings (SSSR count). The zero-order valence-electron chi connectivity index (χ0n) is 10.7. The van der Waals surface area contributed by atoms with Crippen LogP contribution in [0.2, 0.25) is 0 Å². The van der Waals surface area contributed by atoms with Gasteiger partial charge in [0.05, 0.1) is 5.69 Å². The Morgan fingerprint density at radius 3 is 2.94 bits per heavy atom. The summed E-state index contributed by atoms with van der Waals surface area (Å²) < 4.78 is 13.8. The Kier molecular flexibility index (Phi) is 4.44. The van der Waals surface area contributed by atoms with Crippen molar-refractivity contribution in [1.29, 1.82) is 0 Å². The van der Waals surface area contributed by atoms with Gasteiger partial charge in [0, 0.05) is 17.5 Å². The molecule has 1 aromatic heterocycles. The number of aromatic nitrogens is 1. The summed E-state index contributed by atoms with van der Waals surface area (Å²) in [6.45, 7) is 5.74. The van der Waals surface area contributed by atoms with Crippen LogP contribution in [0.15, 0.2) is 23.6 Å². The number of hydrogen-bond acceptors (Lipinski definition) is 3. The van der Waals surface area contributed by atoms with Gasteiger partial charge in [-0.05, 0) is 37.6 Å². The largest absolute Gasteiger partial charge is 0.311 e. The van der Waals surface area contributed by atoms with Gasteiger partial charge in [0.15, 0.2) is 0 Å². The molecule has 0 aliphatic heterocycles. The molecule has 0 unspecified atom stereocenters. The molecule has 0 spiro atoms. The number of benzene rings is 1. The number of nitrogens with zero attached hydrogens (tertiary/aromatic N) is 1. The summed E-state index contributed by atoms with van der Waals surface area (Å²) in [5, 5.41) is 6.02. The molecule has 0 amide bonds. The second kappa shape index (κ2) is 6.07. The monoisotopic (exact) mass is 264 g/mol. The lowest BCUT2D eigenvalue weighted by Gasteiger charge is -2.01. The minimum atomic E-state index is -0.197. The van der Waals surface area contributed by atoms with Crippen molar-refractivity contribution in [3.63, 3.8) is 0 Å². The van der Waals surface area contributed by atoms with E-state index in [2.05, 4.69) is 17.2 Å². The first-order chi connectivity index (χ1) is 8.70. The molecule has 4 heteroatoms. The van der Waals surface area contributed by atoms with E-state index in [-0.39, 0.29) is 5.82 Å². The molecule has 0 atom stereocenters. The number of aryl methyl sites for hydroxylation is 1. The Morgan fingerprint density at radius 1 is 1.39 bits per heavy atom. The van der Waals surface area contributed by atoms with Gasteiger partial charge in [0.25, 0.3) is 0 Å². The summed E-state index contributed by atoms with van der Waals surface area (Å²) >= 11 is 1.49.